The van der Waals surface area contributed by atoms with E-state index >= 15 is 0 Å². The molecule has 3 unspecified atom stereocenters. The van der Waals surface area contributed by atoms with Gasteiger partial charge in [-0.1, -0.05) is 6.92 Å². The van der Waals surface area contributed by atoms with E-state index in [0.29, 0.717) is 19.1 Å². The fourth-order valence-electron chi connectivity index (χ4n) is 2.11. The molecule has 1 rings (SSSR count). The van der Waals surface area contributed by atoms with Crippen LogP contribution in [0, 0.1) is 11.8 Å². The molecule has 3 atom stereocenters. The van der Waals surface area contributed by atoms with Gasteiger partial charge in [-0.3, -0.25) is 4.79 Å². The Hall–Kier alpha value is -0.650. The summed E-state index contributed by atoms with van der Waals surface area (Å²) in [5.74, 6) is 0.762. The number of nitrogens with one attached hydrogen (secondary N) is 2. The fourth-order valence-corrected chi connectivity index (χ4v) is 2.11. The van der Waals surface area contributed by atoms with Crippen molar-refractivity contribution in [3.63, 3.8) is 0 Å². The number of amides is 1. The third-order valence-corrected chi connectivity index (χ3v) is 3.13. The number of methoxy groups -OCH3 is 2. The number of hydrogen-bond acceptors (Lipinski definition) is 4. The van der Waals surface area contributed by atoms with Gasteiger partial charge < -0.3 is 20.1 Å². The summed E-state index contributed by atoms with van der Waals surface area (Å²) in [6, 6.07) is 0. The van der Waals surface area contributed by atoms with Crippen LogP contribution in [0.2, 0.25) is 0 Å². The van der Waals surface area contributed by atoms with Crippen LogP contribution in [0.1, 0.15) is 13.3 Å². The van der Waals surface area contributed by atoms with Crippen LogP contribution in [-0.2, 0) is 14.3 Å². The molecule has 100 valence electrons. The third-order valence-electron chi connectivity index (χ3n) is 3.13. The lowest BCUT2D eigenvalue weighted by molar-refractivity contribution is -0.126. The van der Waals surface area contributed by atoms with Gasteiger partial charge in [-0.25, -0.2) is 0 Å². The number of carbonyl (C=O) groups is 1. The number of hydrogen-bond donors (Lipinski definition) is 2. The first-order valence-corrected chi connectivity index (χ1v) is 6.17. The summed E-state index contributed by atoms with van der Waals surface area (Å²) >= 11 is 0. The Morgan fingerprint density at radius 3 is 2.82 bits per heavy atom. The first-order valence-electron chi connectivity index (χ1n) is 6.17. The minimum absolute atomic E-state index is 0.0714. The molecule has 0 bridgehead atoms. The predicted octanol–water partition coefficient (Wildman–Crippen LogP) is 0.00960. The average Bonchev–Trinajstić information content (AvgIpc) is 2.34. The van der Waals surface area contributed by atoms with Crippen molar-refractivity contribution in [2.24, 2.45) is 11.8 Å². The second-order valence-electron chi connectivity index (χ2n) is 4.75. The van der Waals surface area contributed by atoms with Crippen molar-refractivity contribution >= 4 is 5.91 Å². The number of ether oxygens (including phenoxy) is 2. The molecule has 2 N–H and O–H groups in total. The van der Waals surface area contributed by atoms with Gasteiger partial charge >= 0.3 is 0 Å². The van der Waals surface area contributed by atoms with Crippen molar-refractivity contribution in [2.75, 3.05) is 40.5 Å². The SMILES string of the molecule is COCC(CNC(=O)C1CNCC(C)C1)OC. The number of rotatable bonds is 6. The normalized spacial score (nSPS) is 26.5. The van der Waals surface area contributed by atoms with Gasteiger partial charge in [0.25, 0.3) is 0 Å². The molecule has 1 amide bonds. The highest BCUT2D eigenvalue weighted by atomic mass is 16.5. The Morgan fingerprint density at radius 2 is 2.24 bits per heavy atom. The third kappa shape index (κ3) is 5.02. The summed E-state index contributed by atoms with van der Waals surface area (Å²) in [4.78, 5) is 11.9. The molecular formula is C12H24N2O3. The molecule has 1 aliphatic heterocycles. The molecule has 5 heteroatoms. The molecular weight excluding hydrogens is 220 g/mol. The molecule has 5 nitrogen and oxygen atoms in total. The first kappa shape index (κ1) is 14.4. The van der Waals surface area contributed by atoms with E-state index in [-0.39, 0.29) is 17.9 Å². The zero-order chi connectivity index (χ0) is 12.7. The van der Waals surface area contributed by atoms with E-state index in [1.165, 1.54) is 0 Å². The summed E-state index contributed by atoms with van der Waals surface area (Å²) in [7, 11) is 3.25. The minimum atomic E-state index is -0.0714. The fraction of sp³-hybridized carbons (Fsp3) is 0.917. The lowest BCUT2D eigenvalue weighted by atomic mass is 9.91. The topological polar surface area (TPSA) is 59.6 Å². The lowest BCUT2D eigenvalue weighted by Crippen LogP contribution is -2.45. The maximum absolute atomic E-state index is 11.9. The van der Waals surface area contributed by atoms with E-state index in [9.17, 15) is 4.79 Å². The summed E-state index contributed by atoms with van der Waals surface area (Å²) in [6.07, 6.45) is 0.888. The molecule has 0 aromatic carbocycles. The van der Waals surface area contributed by atoms with E-state index in [4.69, 9.17) is 9.47 Å². The van der Waals surface area contributed by atoms with Crippen LogP contribution < -0.4 is 10.6 Å². The van der Waals surface area contributed by atoms with E-state index < -0.39 is 0 Å². The van der Waals surface area contributed by atoms with Crippen LogP contribution in [0.3, 0.4) is 0 Å². The molecule has 1 fully saturated rings. The Kier molecular flexibility index (Phi) is 6.47. The molecule has 1 saturated heterocycles. The highest BCUT2D eigenvalue weighted by Gasteiger charge is 2.25. The Labute approximate surface area is 103 Å². The van der Waals surface area contributed by atoms with Crippen molar-refractivity contribution in [1.29, 1.82) is 0 Å². The number of piperidine rings is 1. The van der Waals surface area contributed by atoms with Crippen molar-refractivity contribution in [1.82, 2.24) is 10.6 Å². The average molecular weight is 244 g/mol. The zero-order valence-electron chi connectivity index (χ0n) is 11.0. The zero-order valence-corrected chi connectivity index (χ0v) is 11.0. The minimum Gasteiger partial charge on any atom is -0.382 e. The summed E-state index contributed by atoms with van der Waals surface area (Å²) < 4.78 is 10.2. The molecule has 0 spiro atoms. The highest BCUT2D eigenvalue weighted by molar-refractivity contribution is 5.79. The second kappa shape index (κ2) is 7.63. The van der Waals surface area contributed by atoms with Gasteiger partial charge in [0.2, 0.25) is 5.91 Å². The maximum atomic E-state index is 11.9. The largest absolute Gasteiger partial charge is 0.382 e. The summed E-state index contributed by atoms with van der Waals surface area (Å²) in [6.45, 7) is 4.95. The van der Waals surface area contributed by atoms with Crippen molar-refractivity contribution in [3.8, 4) is 0 Å². The van der Waals surface area contributed by atoms with Crippen LogP contribution >= 0.6 is 0 Å². The summed E-state index contributed by atoms with van der Waals surface area (Å²) in [5, 5.41) is 6.20. The molecule has 17 heavy (non-hydrogen) atoms. The molecule has 0 radical (unpaired) electrons. The molecule has 0 saturated carbocycles. The standard InChI is InChI=1S/C12H24N2O3/c1-9-4-10(6-13-5-9)12(15)14-7-11(17-3)8-16-2/h9-11,13H,4-8H2,1-3H3,(H,14,15). The quantitative estimate of drug-likeness (QED) is 0.691. The van der Waals surface area contributed by atoms with Crippen LogP contribution in [0.4, 0.5) is 0 Å². The maximum Gasteiger partial charge on any atom is 0.224 e. The van der Waals surface area contributed by atoms with Crippen LogP contribution in [-0.4, -0.2) is 52.5 Å². The Bertz CT molecular complexity index is 236. The molecule has 0 aromatic rings. The van der Waals surface area contributed by atoms with Gasteiger partial charge in [0.1, 0.15) is 0 Å². The lowest BCUT2D eigenvalue weighted by Gasteiger charge is -2.27. The van der Waals surface area contributed by atoms with Gasteiger partial charge in [0.15, 0.2) is 0 Å². The van der Waals surface area contributed by atoms with Gasteiger partial charge in [-0.2, -0.15) is 0 Å². The monoisotopic (exact) mass is 244 g/mol. The van der Waals surface area contributed by atoms with E-state index in [1.54, 1.807) is 14.2 Å². The van der Waals surface area contributed by atoms with Crippen LogP contribution in [0.5, 0.6) is 0 Å². The van der Waals surface area contributed by atoms with Crippen LogP contribution in [0.25, 0.3) is 0 Å². The highest BCUT2D eigenvalue weighted by Crippen LogP contribution is 2.15. The van der Waals surface area contributed by atoms with Crippen LogP contribution in [0.15, 0.2) is 0 Å². The van der Waals surface area contributed by atoms with Gasteiger partial charge in [-0.15, -0.1) is 0 Å². The molecule has 1 aliphatic rings. The molecule has 1 heterocycles. The smallest absolute Gasteiger partial charge is 0.224 e. The van der Waals surface area contributed by atoms with E-state index in [0.717, 1.165) is 19.5 Å². The Morgan fingerprint density at radius 1 is 1.47 bits per heavy atom. The van der Waals surface area contributed by atoms with E-state index in [2.05, 4.69) is 17.6 Å². The second-order valence-corrected chi connectivity index (χ2v) is 4.75. The van der Waals surface area contributed by atoms with Gasteiger partial charge in [0.05, 0.1) is 18.6 Å². The van der Waals surface area contributed by atoms with E-state index in [1.807, 2.05) is 0 Å². The first-order chi connectivity index (χ1) is 8.17. The molecule has 0 aromatic heterocycles. The van der Waals surface area contributed by atoms with Crippen molar-refractivity contribution in [3.05, 3.63) is 0 Å². The molecule has 0 aliphatic carbocycles. The van der Waals surface area contributed by atoms with Crippen molar-refractivity contribution in [2.45, 2.75) is 19.4 Å². The van der Waals surface area contributed by atoms with Gasteiger partial charge in [-0.05, 0) is 18.9 Å². The number of carbonyl (C=O) groups excluding carboxylic acids is 1. The predicted molar refractivity (Wildman–Crippen MR) is 65.8 cm³/mol. The van der Waals surface area contributed by atoms with Gasteiger partial charge in [0, 0.05) is 27.3 Å². The van der Waals surface area contributed by atoms with Crippen molar-refractivity contribution < 1.29 is 14.3 Å². The Balaban J connectivity index is 2.28. The summed E-state index contributed by atoms with van der Waals surface area (Å²) in [5.41, 5.74) is 0.